The van der Waals surface area contributed by atoms with Crippen molar-refractivity contribution in [3.05, 3.63) is 34.9 Å². The molecule has 0 N–H and O–H groups in total. The van der Waals surface area contributed by atoms with E-state index in [2.05, 4.69) is 0 Å². The molecule has 0 radical (unpaired) electrons. The summed E-state index contributed by atoms with van der Waals surface area (Å²) < 4.78 is 77.6. The van der Waals surface area contributed by atoms with E-state index in [0.717, 1.165) is 0 Å². The number of alkyl halides is 6. The lowest BCUT2D eigenvalue weighted by Crippen LogP contribution is -2.52. The van der Waals surface area contributed by atoms with Crippen LogP contribution in [0.3, 0.4) is 0 Å². The van der Waals surface area contributed by atoms with E-state index in [0.29, 0.717) is 4.90 Å². The third-order valence-corrected chi connectivity index (χ3v) is 3.95. The van der Waals surface area contributed by atoms with Gasteiger partial charge in [0, 0.05) is 23.7 Å². The number of halogens is 7. The molecule has 2 nitrogen and oxygen atoms in total. The van der Waals surface area contributed by atoms with Gasteiger partial charge in [0.15, 0.2) is 5.41 Å². The molecule has 1 heterocycles. The molecule has 0 aromatic heterocycles. The predicted molar refractivity (Wildman–Crippen MR) is 66.5 cm³/mol. The van der Waals surface area contributed by atoms with Crippen LogP contribution in [0.4, 0.5) is 26.3 Å². The second-order valence-electron chi connectivity index (χ2n) is 5.06. The number of benzene rings is 1. The van der Waals surface area contributed by atoms with Crippen molar-refractivity contribution >= 4 is 17.5 Å². The molecule has 0 unspecified atom stereocenters. The van der Waals surface area contributed by atoms with E-state index in [4.69, 9.17) is 11.6 Å². The minimum Gasteiger partial charge on any atom is -0.337 e. The van der Waals surface area contributed by atoms with E-state index in [1.807, 2.05) is 0 Å². The normalized spacial score (nSPS) is 18.6. The van der Waals surface area contributed by atoms with Gasteiger partial charge in [-0.3, -0.25) is 4.79 Å². The van der Waals surface area contributed by atoms with Crippen molar-refractivity contribution in [3.63, 3.8) is 0 Å². The Morgan fingerprint density at radius 3 is 2.18 bits per heavy atom. The van der Waals surface area contributed by atoms with Crippen molar-refractivity contribution < 1.29 is 31.1 Å². The molecular weight excluding hydrogens is 336 g/mol. The molecule has 0 saturated carbocycles. The summed E-state index contributed by atoms with van der Waals surface area (Å²) in [5, 5.41) is 0.169. The minimum atomic E-state index is -5.48. The Labute approximate surface area is 126 Å². The predicted octanol–water partition coefficient (Wildman–Crippen LogP) is 4.30. The number of likely N-dealkylation sites (tertiary alicyclic amines) is 1. The molecule has 0 spiro atoms. The maximum atomic E-state index is 12.9. The SMILES string of the molecule is O=C(c1cccc(Cl)c1)N1CCC(C(F)(F)F)(C(F)(F)F)C1. The first-order valence-electron chi connectivity index (χ1n) is 6.16. The lowest BCUT2D eigenvalue weighted by atomic mass is 9.85. The number of hydrogen-bond donors (Lipinski definition) is 0. The monoisotopic (exact) mass is 345 g/mol. The van der Waals surface area contributed by atoms with Crippen LogP contribution < -0.4 is 0 Å². The summed E-state index contributed by atoms with van der Waals surface area (Å²) in [6.07, 6.45) is -12.2. The van der Waals surface area contributed by atoms with Gasteiger partial charge in [-0.2, -0.15) is 26.3 Å². The molecule has 2 rings (SSSR count). The van der Waals surface area contributed by atoms with E-state index in [1.54, 1.807) is 0 Å². The van der Waals surface area contributed by atoms with Crippen molar-refractivity contribution in [3.8, 4) is 0 Å². The Balaban J connectivity index is 2.29. The zero-order valence-electron chi connectivity index (χ0n) is 10.9. The Bertz CT molecular complexity index is 569. The van der Waals surface area contributed by atoms with Gasteiger partial charge in [-0.05, 0) is 24.6 Å². The molecule has 1 fully saturated rings. The van der Waals surface area contributed by atoms with Crippen molar-refractivity contribution in [2.75, 3.05) is 13.1 Å². The van der Waals surface area contributed by atoms with Gasteiger partial charge in [-0.1, -0.05) is 17.7 Å². The molecular formula is C13H10ClF6NO. The molecule has 22 heavy (non-hydrogen) atoms. The van der Waals surface area contributed by atoms with Gasteiger partial charge >= 0.3 is 12.4 Å². The maximum Gasteiger partial charge on any atom is 0.404 e. The van der Waals surface area contributed by atoms with E-state index >= 15 is 0 Å². The highest BCUT2D eigenvalue weighted by Crippen LogP contribution is 2.55. The molecule has 0 atom stereocenters. The lowest BCUT2D eigenvalue weighted by Gasteiger charge is -2.33. The zero-order valence-corrected chi connectivity index (χ0v) is 11.7. The van der Waals surface area contributed by atoms with Crippen LogP contribution in [0.15, 0.2) is 24.3 Å². The summed E-state index contributed by atoms with van der Waals surface area (Å²) in [6.45, 7) is -2.06. The van der Waals surface area contributed by atoms with Gasteiger partial charge in [-0.15, -0.1) is 0 Å². The topological polar surface area (TPSA) is 20.3 Å². The van der Waals surface area contributed by atoms with E-state index in [-0.39, 0.29) is 10.6 Å². The van der Waals surface area contributed by atoms with Crippen molar-refractivity contribution in [1.82, 2.24) is 4.90 Å². The molecule has 1 aromatic rings. The first kappa shape index (κ1) is 16.9. The number of amides is 1. The second-order valence-corrected chi connectivity index (χ2v) is 5.50. The first-order valence-corrected chi connectivity index (χ1v) is 6.54. The minimum absolute atomic E-state index is 0.0485. The Kier molecular flexibility index (Phi) is 4.10. The smallest absolute Gasteiger partial charge is 0.337 e. The number of carbonyl (C=O) groups is 1. The molecule has 1 aliphatic rings. The van der Waals surface area contributed by atoms with Gasteiger partial charge in [0.25, 0.3) is 5.91 Å². The standard InChI is InChI=1S/C13H10ClF6NO/c14-9-3-1-2-8(6-9)10(22)21-5-4-11(7-21,12(15,16)17)13(18,19)20/h1-3,6H,4-5,7H2. The molecule has 1 aromatic carbocycles. The van der Waals surface area contributed by atoms with Crippen molar-refractivity contribution in [2.24, 2.45) is 5.41 Å². The fourth-order valence-corrected chi connectivity index (χ4v) is 2.60. The highest BCUT2D eigenvalue weighted by atomic mass is 35.5. The summed E-state index contributed by atoms with van der Waals surface area (Å²) in [6, 6.07) is 5.32. The number of hydrogen-bond acceptors (Lipinski definition) is 1. The molecule has 1 amide bonds. The molecule has 9 heteroatoms. The number of rotatable bonds is 1. The fourth-order valence-electron chi connectivity index (χ4n) is 2.41. The van der Waals surface area contributed by atoms with Crippen LogP contribution in [-0.4, -0.2) is 36.2 Å². The van der Waals surface area contributed by atoms with Crippen LogP contribution in [0.5, 0.6) is 0 Å². The quantitative estimate of drug-likeness (QED) is 0.695. The van der Waals surface area contributed by atoms with Crippen LogP contribution in [0.2, 0.25) is 5.02 Å². The van der Waals surface area contributed by atoms with Gasteiger partial charge in [0.05, 0.1) is 0 Å². The van der Waals surface area contributed by atoms with Crippen LogP contribution in [0.1, 0.15) is 16.8 Å². The summed E-state index contributed by atoms with van der Waals surface area (Å²) in [5.41, 5.74) is -3.93. The highest BCUT2D eigenvalue weighted by Gasteiger charge is 2.72. The Morgan fingerprint density at radius 2 is 1.73 bits per heavy atom. The summed E-state index contributed by atoms with van der Waals surface area (Å²) in [4.78, 5) is 12.6. The second kappa shape index (κ2) is 5.33. The van der Waals surface area contributed by atoms with Crippen molar-refractivity contribution in [2.45, 2.75) is 18.8 Å². The van der Waals surface area contributed by atoms with Gasteiger partial charge in [0.2, 0.25) is 0 Å². The first-order chi connectivity index (χ1) is 9.98. The molecule has 1 saturated heterocycles. The Hall–Kier alpha value is -1.44. The number of carbonyl (C=O) groups excluding carboxylic acids is 1. The largest absolute Gasteiger partial charge is 0.404 e. The lowest BCUT2D eigenvalue weighted by molar-refractivity contribution is -0.334. The maximum absolute atomic E-state index is 12.9. The van der Waals surface area contributed by atoms with Gasteiger partial charge in [0.1, 0.15) is 0 Å². The summed E-state index contributed by atoms with van der Waals surface area (Å²) in [7, 11) is 0. The van der Waals surface area contributed by atoms with Gasteiger partial charge < -0.3 is 4.90 Å². The van der Waals surface area contributed by atoms with Gasteiger partial charge in [-0.25, -0.2) is 0 Å². The molecule has 0 aliphatic carbocycles. The van der Waals surface area contributed by atoms with E-state index in [1.165, 1.54) is 24.3 Å². The Morgan fingerprint density at radius 1 is 1.14 bits per heavy atom. The third-order valence-electron chi connectivity index (χ3n) is 3.71. The fraction of sp³-hybridized carbons (Fsp3) is 0.462. The average molecular weight is 346 g/mol. The van der Waals surface area contributed by atoms with Crippen LogP contribution >= 0.6 is 11.6 Å². The van der Waals surface area contributed by atoms with Crippen LogP contribution in [0.25, 0.3) is 0 Å². The van der Waals surface area contributed by atoms with Crippen LogP contribution in [0, 0.1) is 5.41 Å². The zero-order chi connectivity index (χ0) is 16.8. The van der Waals surface area contributed by atoms with Crippen LogP contribution in [-0.2, 0) is 0 Å². The molecule has 1 aliphatic heterocycles. The highest BCUT2D eigenvalue weighted by molar-refractivity contribution is 6.30. The number of nitrogens with zero attached hydrogens (tertiary/aromatic N) is 1. The van der Waals surface area contributed by atoms with E-state index in [9.17, 15) is 31.1 Å². The van der Waals surface area contributed by atoms with Crippen molar-refractivity contribution in [1.29, 1.82) is 0 Å². The molecule has 0 bridgehead atoms. The summed E-state index contributed by atoms with van der Waals surface area (Å²) in [5.74, 6) is -0.905. The average Bonchev–Trinajstić information content (AvgIpc) is 2.83. The molecule has 122 valence electrons. The summed E-state index contributed by atoms with van der Waals surface area (Å²) >= 11 is 5.67. The third kappa shape index (κ3) is 2.76. The van der Waals surface area contributed by atoms with E-state index < -0.39 is 43.2 Å².